The van der Waals surface area contributed by atoms with Gasteiger partial charge in [0.05, 0.1) is 5.69 Å². The second kappa shape index (κ2) is 3.65. The van der Waals surface area contributed by atoms with Gasteiger partial charge in [0.2, 0.25) is 6.79 Å². The van der Waals surface area contributed by atoms with Crippen LogP contribution in [0.25, 0.3) is 0 Å². The van der Waals surface area contributed by atoms with Crippen LogP contribution in [-0.4, -0.2) is 13.3 Å². The number of para-hydroxylation sites is 1. The van der Waals surface area contributed by atoms with E-state index in [2.05, 4.69) is 5.32 Å². The standard InChI is InChI=1S/C12H15NO2/c1-3-9(4-1)7-13-10-5-2-6-11-12(10)15-8-14-11/h2,5-6,9,13H,1,3-4,7-8H2. The predicted octanol–water partition coefficient (Wildman–Crippen LogP) is 2.63. The fourth-order valence-corrected chi connectivity index (χ4v) is 2.02. The molecule has 0 spiro atoms. The first kappa shape index (κ1) is 8.89. The predicted molar refractivity (Wildman–Crippen MR) is 58.4 cm³/mol. The van der Waals surface area contributed by atoms with Crippen molar-refractivity contribution in [1.29, 1.82) is 0 Å². The number of fused-ring (bicyclic) bond motifs is 1. The molecule has 0 saturated heterocycles. The minimum Gasteiger partial charge on any atom is -0.454 e. The minimum absolute atomic E-state index is 0.345. The normalized spacial score (nSPS) is 18.7. The molecular formula is C12H15NO2. The first-order valence-electron chi connectivity index (χ1n) is 5.56. The Labute approximate surface area is 89.4 Å². The molecule has 0 amide bonds. The highest BCUT2D eigenvalue weighted by Crippen LogP contribution is 2.39. The molecule has 3 rings (SSSR count). The van der Waals surface area contributed by atoms with Gasteiger partial charge in [0.25, 0.3) is 0 Å². The monoisotopic (exact) mass is 205 g/mol. The Bertz CT molecular complexity index is 361. The Kier molecular flexibility index (Phi) is 2.16. The van der Waals surface area contributed by atoms with Crippen LogP contribution in [0.2, 0.25) is 0 Å². The molecular weight excluding hydrogens is 190 g/mol. The highest BCUT2D eigenvalue weighted by Gasteiger charge is 2.20. The van der Waals surface area contributed by atoms with E-state index in [1.165, 1.54) is 19.3 Å². The van der Waals surface area contributed by atoms with Gasteiger partial charge >= 0.3 is 0 Å². The summed E-state index contributed by atoms with van der Waals surface area (Å²) in [6.45, 7) is 1.40. The molecule has 0 atom stereocenters. The molecule has 1 fully saturated rings. The summed E-state index contributed by atoms with van der Waals surface area (Å²) in [5, 5.41) is 3.44. The van der Waals surface area contributed by atoms with Gasteiger partial charge in [-0.1, -0.05) is 12.5 Å². The van der Waals surface area contributed by atoms with Crippen LogP contribution in [0.3, 0.4) is 0 Å². The Morgan fingerprint density at radius 3 is 3.00 bits per heavy atom. The summed E-state index contributed by atoms with van der Waals surface area (Å²) in [7, 11) is 0. The molecule has 1 aromatic carbocycles. The Hall–Kier alpha value is -1.38. The second-order valence-electron chi connectivity index (χ2n) is 4.22. The summed E-state index contributed by atoms with van der Waals surface area (Å²) in [5.74, 6) is 2.58. The van der Waals surface area contributed by atoms with Gasteiger partial charge in [-0.2, -0.15) is 0 Å². The number of hydrogen-bond acceptors (Lipinski definition) is 3. The maximum atomic E-state index is 5.43. The zero-order valence-corrected chi connectivity index (χ0v) is 8.66. The third-order valence-corrected chi connectivity index (χ3v) is 3.20. The largest absolute Gasteiger partial charge is 0.454 e. The lowest BCUT2D eigenvalue weighted by Gasteiger charge is -2.26. The third kappa shape index (κ3) is 1.62. The van der Waals surface area contributed by atoms with E-state index in [0.717, 1.165) is 29.6 Å². The SMILES string of the molecule is c1cc(NCC2CCC2)c2c(c1)OCO2. The summed E-state index contributed by atoms with van der Waals surface area (Å²) in [4.78, 5) is 0. The van der Waals surface area contributed by atoms with E-state index in [1.54, 1.807) is 0 Å². The van der Waals surface area contributed by atoms with Crippen molar-refractivity contribution in [2.24, 2.45) is 5.92 Å². The molecule has 3 heteroatoms. The molecule has 1 aliphatic carbocycles. The highest BCUT2D eigenvalue weighted by atomic mass is 16.7. The number of hydrogen-bond donors (Lipinski definition) is 1. The van der Waals surface area contributed by atoms with E-state index in [0.29, 0.717) is 6.79 Å². The highest BCUT2D eigenvalue weighted by molar-refractivity contribution is 5.64. The van der Waals surface area contributed by atoms with Gasteiger partial charge in [0.15, 0.2) is 11.5 Å². The average Bonchev–Trinajstić information content (AvgIpc) is 2.63. The Morgan fingerprint density at radius 2 is 2.20 bits per heavy atom. The van der Waals surface area contributed by atoms with Gasteiger partial charge in [0.1, 0.15) is 0 Å². The lowest BCUT2D eigenvalue weighted by Crippen LogP contribution is -2.20. The van der Waals surface area contributed by atoms with Gasteiger partial charge in [-0.25, -0.2) is 0 Å². The van der Waals surface area contributed by atoms with Crippen LogP contribution in [0, 0.1) is 5.92 Å². The molecule has 1 saturated carbocycles. The number of rotatable bonds is 3. The van der Waals surface area contributed by atoms with Gasteiger partial charge in [-0.3, -0.25) is 0 Å². The van der Waals surface area contributed by atoms with Crippen molar-refractivity contribution in [3.8, 4) is 11.5 Å². The van der Waals surface area contributed by atoms with E-state index in [1.807, 2.05) is 18.2 Å². The van der Waals surface area contributed by atoms with E-state index in [-0.39, 0.29) is 0 Å². The molecule has 80 valence electrons. The lowest BCUT2D eigenvalue weighted by molar-refractivity contribution is 0.174. The van der Waals surface area contributed by atoms with Crippen molar-refractivity contribution < 1.29 is 9.47 Å². The van der Waals surface area contributed by atoms with Crippen LogP contribution < -0.4 is 14.8 Å². The molecule has 0 radical (unpaired) electrons. The van der Waals surface area contributed by atoms with Crippen LogP contribution in [0.4, 0.5) is 5.69 Å². The molecule has 1 aliphatic heterocycles. The number of anilines is 1. The van der Waals surface area contributed by atoms with Crippen LogP contribution in [0.5, 0.6) is 11.5 Å². The molecule has 0 aromatic heterocycles. The van der Waals surface area contributed by atoms with Crippen molar-refractivity contribution in [1.82, 2.24) is 0 Å². The smallest absolute Gasteiger partial charge is 0.231 e. The van der Waals surface area contributed by atoms with Crippen LogP contribution in [0.1, 0.15) is 19.3 Å². The van der Waals surface area contributed by atoms with Crippen molar-refractivity contribution in [3.05, 3.63) is 18.2 Å². The minimum atomic E-state index is 0.345. The lowest BCUT2D eigenvalue weighted by atomic mass is 9.85. The number of benzene rings is 1. The maximum Gasteiger partial charge on any atom is 0.231 e. The summed E-state index contributed by atoms with van der Waals surface area (Å²) >= 11 is 0. The molecule has 1 N–H and O–H groups in total. The first-order valence-corrected chi connectivity index (χ1v) is 5.56. The fourth-order valence-electron chi connectivity index (χ4n) is 2.02. The van der Waals surface area contributed by atoms with Gasteiger partial charge in [-0.15, -0.1) is 0 Å². The molecule has 15 heavy (non-hydrogen) atoms. The van der Waals surface area contributed by atoms with E-state index in [4.69, 9.17) is 9.47 Å². The summed E-state index contributed by atoms with van der Waals surface area (Å²) in [6.07, 6.45) is 4.11. The van der Waals surface area contributed by atoms with Crippen molar-refractivity contribution in [2.45, 2.75) is 19.3 Å². The second-order valence-corrected chi connectivity index (χ2v) is 4.22. The molecule has 0 unspecified atom stereocenters. The number of nitrogens with one attached hydrogen (secondary N) is 1. The van der Waals surface area contributed by atoms with Gasteiger partial charge in [-0.05, 0) is 30.9 Å². The summed E-state index contributed by atoms with van der Waals surface area (Å²) in [6, 6.07) is 5.99. The summed E-state index contributed by atoms with van der Waals surface area (Å²) in [5.41, 5.74) is 1.07. The van der Waals surface area contributed by atoms with E-state index < -0.39 is 0 Å². The first-order chi connectivity index (χ1) is 7.43. The fraction of sp³-hybridized carbons (Fsp3) is 0.500. The van der Waals surface area contributed by atoms with Crippen molar-refractivity contribution >= 4 is 5.69 Å². The van der Waals surface area contributed by atoms with Gasteiger partial charge < -0.3 is 14.8 Å². The van der Waals surface area contributed by atoms with Crippen molar-refractivity contribution in [3.63, 3.8) is 0 Å². The molecule has 1 aromatic rings. The Morgan fingerprint density at radius 1 is 1.27 bits per heavy atom. The van der Waals surface area contributed by atoms with Crippen molar-refractivity contribution in [2.75, 3.05) is 18.7 Å². The van der Waals surface area contributed by atoms with E-state index in [9.17, 15) is 0 Å². The molecule has 0 bridgehead atoms. The number of ether oxygens (including phenoxy) is 2. The zero-order valence-electron chi connectivity index (χ0n) is 8.66. The maximum absolute atomic E-state index is 5.43. The summed E-state index contributed by atoms with van der Waals surface area (Å²) < 4.78 is 10.8. The van der Waals surface area contributed by atoms with Crippen LogP contribution in [-0.2, 0) is 0 Å². The van der Waals surface area contributed by atoms with E-state index >= 15 is 0 Å². The van der Waals surface area contributed by atoms with Gasteiger partial charge in [0, 0.05) is 6.54 Å². The van der Waals surface area contributed by atoms with Crippen LogP contribution >= 0.6 is 0 Å². The molecule has 1 heterocycles. The Balaban J connectivity index is 1.71. The molecule has 3 nitrogen and oxygen atoms in total. The average molecular weight is 205 g/mol. The quantitative estimate of drug-likeness (QED) is 0.822. The zero-order chi connectivity index (χ0) is 10.1. The molecule has 2 aliphatic rings. The third-order valence-electron chi connectivity index (χ3n) is 3.20. The van der Waals surface area contributed by atoms with Crippen LogP contribution in [0.15, 0.2) is 18.2 Å². The topological polar surface area (TPSA) is 30.5 Å².